The maximum atomic E-state index is 12.6. The van der Waals surface area contributed by atoms with Crippen LogP contribution in [0.2, 0.25) is 0 Å². The van der Waals surface area contributed by atoms with Crippen molar-refractivity contribution in [1.29, 1.82) is 0 Å². The Morgan fingerprint density at radius 2 is 1.72 bits per heavy atom. The van der Waals surface area contributed by atoms with Crippen LogP contribution in [0, 0.1) is 0 Å². The molecule has 0 aliphatic heterocycles. The Balaban J connectivity index is 2.05. The number of benzene rings is 2. The summed E-state index contributed by atoms with van der Waals surface area (Å²) in [6.45, 7) is 5.73. The number of nitrogens with one attached hydrogen (secondary N) is 1. The van der Waals surface area contributed by atoms with Crippen LogP contribution < -0.4 is 19.1 Å². The standard InChI is InChI=1S/C21H28N2O5S/c1-6-20(21(24)22-16-8-7-9-19(14-16)27-15(2)3)28-18-12-10-17(11-13-18)23(4)29(5,25)26/h7-15,20H,6H2,1-5H3,(H,22,24)/t20-/m0/s1. The van der Waals surface area contributed by atoms with Gasteiger partial charge in [-0.2, -0.15) is 0 Å². The third-order valence-corrected chi connectivity index (χ3v) is 5.32. The van der Waals surface area contributed by atoms with Gasteiger partial charge in [0.05, 0.1) is 18.0 Å². The minimum absolute atomic E-state index is 0.0392. The first-order valence-corrected chi connectivity index (χ1v) is 11.2. The molecule has 1 amide bonds. The molecule has 1 N–H and O–H groups in total. The van der Waals surface area contributed by atoms with Gasteiger partial charge in [0.2, 0.25) is 10.0 Å². The van der Waals surface area contributed by atoms with Crippen LogP contribution in [0.5, 0.6) is 11.5 Å². The topological polar surface area (TPSA) is 84.9 Å². The van der Waals surface area contributed by atoms with Crippen molar-refractivity contribution in [3.63, 3.8) is 0 Å². The molecule has 0 aromatic heterocycles. The number of hydrogen-bond donors (Lipinski definition) is 1. The highest BCUT2D eigenvalue weighted by atomic mass is 32.2. The second-order valence-corrected chi connectivity index (χ2v) is 8.94. The Bertz CT molecular complexity index is 926. The highest BCUT2D eigenvalue weighted by Gasteiger charge is 2.19. The van der Waals surface area contributed by atoms with Gasteiger partial charge in [-0.15, -0.1) is 0 Å². The van der Waals surface area contributed by atoms with E-state index in [0.29, 0.717) is 29.3 Å². The fourth-order valence-electron chi connectivity index (χ4n) is 2.55. The monoisotopic (exact) mass is 420 g/mol. The number of nitrogens with zero attached hydrogens (tertiary/aromatic N) is 1. The zero-order chi connectivity index (χ0) is 21.6. The third kappa shape index (κ3) is 6.67. The first kappa shape index (κ1) is 22.5. The van der Waals surface area contributed by atoms with Crippen molar-refractivity contribution in [3.8, 4) is 11.5 Å². The molecule has 2 rings (SSSR count). The number of carbonyl (C=O) groups excluding carboxylic acids is 1. The Kier molecular flexibility index (Phi) is 7.50. The minimum Gasteiger partial charge on any atom is -0.491 e. The van der Waals surface area contributed by atoms with Crippen molar-refractivity contribution in [3.05, 3.63) is 48.5 Å². The van der Waals surface area contributed by atoms with E-state index in [1.165, 1.54) is 11.4 Å². The average Bonchev–Trinajstić information content (AvgIpc) is 2.65. The molecule has 7 nitrogen and oxygen atoms in total. The number of sulfonamides is 1. The number of carbonyl (C=O) groups is 1. The molecule has 158 valence electrons. The average molecular weight is 421 g/mol. The predicted octanol–water partition coefficient (Wildman–Crippen LogP) is 3.67. The van der Waals surface area contributed by atoms with Gasteiger partial charge in [-0.25, -0.2) is 8.42 Å². The zero-order valence-electron chi connectivity index (χ0n) is 17.4. The van der Waals surface area contributed by atoms with Gasteiger partial charge in [0, 0.05) is 18.8 Å². The highest BCUT2D eigenvalue weighted by Crippen LogP contribution is 2.23. The van der Waals surface area contributed by atoms with Crippen molar-refractivity contribution in [2.45, 2.75) is 39.4 Å². The molecular formula is C21H28N2O5S. The SMILES string of the molecule is CC[C@H](Oc1ccc(N(C)S(C)(=O)=O)cc1)C(=O)Nc1cccc(OC(C)C)c1. The second kappa shape index (κ2) is 9.65. The summed E-state index contributed by atoms with van der Waals surface area (Å²) in [6, 6.07) is 13.7. The molecule has 0 fully saturated rings. The largest absolute Gasteiger partial charge is 0.491 e. The van der Waals surface area contributed by atoms with Crippen LogP contribution in [0.25, 0.3) is 0 Å². The molecule has 29 heavy (non-hydrogen) atoms. The lowest BCUT2D eigenvalue weighted by Gasteiger charge is -2.19. The minimum atomic E-state index is -3.34. The van der Waals surface area contributed by atoms with Gasteiger partial charge in [-0.3, -0.25) is 9.10 Å². The summed E-state index contributed by atoms with van der Waals surface area (Å²) in [5.74, 6) is 0.887. The number of amides is 1. The molecule has 0 aliphatic rings. The van der Waals surface area contributed by atoms with Crippen LogP contribution in [0.4, 0.5) is 11.4 Å². The quantitative estimate of drug-likeness (QED) is 0.669. The summed E-state index contributed by atoms with van der Waals surface area (Å²) < 4.78 is 35.9. The zero-order valence-corrected chi connectivity index (χ0v) is 18.2. The maximum absolute atomic E-state index is 12.6. The summed E-state index contributed by atoms with van der Waals surface area (Å²) in [5, 5.41) is 2.84. The molecule has 1 atom stereocenters. The fourth-order valence-corrected chi connectivity index (χ4v) is 3.06. The van der Waals surface area contributed by atoms with Gasteiger partial charge < -0.3 is 14.8 Å². The molecule has 2 aromatic rings. The lowest BCUT2D eigenvalue weighted by atomic mass is 10.2. The predicted molar refractivity (Wildman–Crippen MR) is 115 cm³/mol. The van der Waals surface area contributed by atoms with Crippen LogP contribution in [-0.2, 0) is 14.8 Å². The van der Waals surface area contributed by atoms with Crippen LogP contribution in [0.1, 0.15) is 27.2 Å². The first-order valence-electron chi connectivity index (χ1n) is 9.38. The van der Waals surface area contributed by atoms with E-state index < -0.39 is 16.1 Å². The van der Waals surface area contributed by atoms with E-state index in [4.69, 9.17) is 9.47 Å². The van der Waals surface area contributed by atoms with Gasteiger partial charge >= 0.3 is 0 Å². The van der Waals surface area contributed by atoms with Gasteiger partial charge in [-0.1, -0.05) is 13.0 Å². The first-order chi connectivity index (χ1) is 13.6. The van der Waals surface area contributed by atoms with E-state index in [9.17, 15) is 13.2 Å². The van der Waals surface area contributed by atoms with E-state index in [0.717, 1.165) is 6.26 Å². The lowest BCUT2D eigenvalue weighted by molar-refractivity contribution is -0.122. The van der Waals surface area contributed by atoms with Crippen molar-refractivity contribution in [2.75, 3.05) is 22.9 Å². The fraction of sp³-hybridized carbons (Fsp3) is 0.381. The van der Waals surface area contributed by atoms with Gasteiger partial charge in [0.25, 0.3) is 5.91 Å². The van der Waals surface area contributed by atoms with Gasteiger partial charge in [-0.05, 0) is 56.7 Å². The van der Waals surface area contributed by atoms with Crippen LogP contribution in [0.15, 0.2) is 48.5 Å². The Morgan fingerprint density at radius 3 is 2.28 bits per heavy atom. The maximum Gasteiger partial charge on any atom is 0.265 e. The summed E-state index contributed by atoms with van der Waals surface area (Å²) >= 11 is 0. The van der Waals surface area contributed by atoms with Crippen molar-refractivity contribution in [1.82, 2.24) is 0 Å². The molecule has 0 unspecified atom stereocenters. The van der Waals surface area contributed by atoms with E-state index in [1.807, 2.05) is 32.9 Å². The molecule has 0 saturated carbocycles. The van der Waals surface area contributed by atoms with E-state index in [2.05, 4.69) is 5.32 Å². The van der Waals surface area contributed by atoms with Gasteiger partial charge in [0.15, 0.2) is 6.10 Å². The number of rotatable bonds is 9. The van der Waals surface area contributed by atoms with Crippen LogP contribution >= 0.6 is 0 Å². The van der Waals surface area contributed by atoms with E-state index in [-0.39, 0.29) is 12.0 Å². The van der Waals surface area contributed by atoms with E-state index in [1.54, 1.807) is 36.4 Å². The molecule has 0 aliphatic carbocycles. The summed E-state index contributed by atoms with van der Waals surface area (Å²) in [7, 11) is -1.86. The van der Waals surface area contributed by atoms with Crippen LogP contribution in [0.3, 0.4) is 0 Å². The third-order valence-electron chi connectivity index (χ3n) is 4.11. The molecule has 0 spiro atoms. The Labute approximate surface area is 172 Å². The molecule has 0 heterocycles. The van der Waals surface area contributed by atoms with Crippen molar-refractivity contribution < 1.29 is 22.7 Å². The van der Waals surface area contributed by atoms with Gasteiger partial charge in [0.1, 0.15) is 11.5 Å². The van der Waals surface area contributed by atoms with Crippen molar-refractivity contribution in [2.24, 2.45) is 0 Å². The summed E-state index contributed by atoms with van der Waals surface area (Å²) in [4.78, 5) is 12.6. The number of anilines is 2. The molecule has 8 heteroatoms. The number of ether oxygens (including phenoxy) is 2. The molecule has 0 bridgehead atoms. The summed E-state index contributed by atoms with van der Waals surface area (Å²) in [6.07, 6.45) is 0.954. The Hall–Kier alpha value is -2.74. The van der Waals surface area contributed by atoms with E-state index >= 15 is 0 Å². The van der Waals surface area contributed by atoms with Crippen molar-refractivity contribution >= 4 is 27.3 Å². The molecule has 2 aromatic carbocycles. The Morgan fingerprint density at radius 1 is 1.07 bits per heavy atom. The molecular weight excluding hydrogens is 392 g/mol. The normalized spacial score (nSPS) is 12.3. The highest BCUT2D eigenvalue weighted by molar-refractivity contribution is 7.92. The smallest absolute Gasteiger partial charge is 0.265 e. The second-order valence-electron chi connectivity index (χ2n) is 6.92. The molecule has 0 saturated heterocycles. The molecule has 0 radical (unpaired) electrons. The number of hydrogen-bond acceptors (Lipinski definition) is 5. The van der Waals surface area contributed by atoms with Crippen LogP contribution in [-0.4, -0.2) is 39.8 Å². The lowest BCUT2D eigenvalue weighted by Crippen LogP contribution is -2.32. The summed E-state index contributed by atoms with van der Waals surface area (Å²) in [5.41, 5.74) is 1.14.